The van der Waals surface area contributed by atoms with Gasteiger partial charge in [-0.2, -0.15) is 0 Å². The third-order valence-electron chi connectivity index (χ3n) is 4.48. The Labute approximate surface area is 160 Å². The minimum atomic E-state index is -2.27. The van der Waals surface area contributed by atoms with Gasteiger partial charge >= 0.3 is 5.97 Å². The van der Waals surface area contributed by atoms with Gasteiger partial charge < -0.3 is 25.7 Å². The van der Waals surface area contributed by atoms with E-state index in [2.05, 4.69) is 5.32 Å². The van der Waals surface area contributed by atoms with E-state index in [1.54, 1.807) is 48.5 Å². The summed E-state index contributed by atoms with van der Waals surface area (Å²) in [6.45, 7) is 0. The number of carboxylic acids is 1. The number of aliphatic carboxylic acids is 1. The zero-order valence-electron chi connectivity index (χ0n) is 14.7. The molecule has 0 heterocycles. The van der Waals surface area contributed by atoms with E-state index in [-0.39, 0.29) is 5.75 Å². The predicted molar refractivity (Wildman–Crippen MR) is 102 cm³/mol. The molecule has 1 amide bonds. The van der Waals surface area contributed by atoms with Crippen LogP contribution in [0.3, 0.4) is 0 Å². The fourth-order valence-corrected chi connectivity index (χ4v) is 3.06. The predicted octanol–water partition coefficient (Wildman–Crippen LogP) is 1.56. The summed E-state index contributed by atoms with van der Waals surface area (Å²) in [5, 5.41) is 42.8. The summed E-state index contributed by atoms with van der Waals surface area (Å²) in [4.78, 5) is 23.3. The number of carbonyl (C=O) groups excluding carboxylic acids is 1. The van der Waals surface area contributed by atoms with Crippen LogP contribution in [0, 0.1) is 0 Å². The van der Waals surface area contributed by atoms with Crippen LogP contribution in [0.5, 0.6) is 5.75 Å². The first-order valence-electron chi connectivity index (χ1n) is 8.55. The zero-order chi connectivity index (χ0) is 20.3. The minimum absolute atomic E-state index is 0.0684. The Morgan fingerprint density at radius 2 is 1.46 bits per heavy atom. The lowest BCUT2D eigenvalue weighted by Gasteiger charge is -2.24. The molecule has 0 bridgehead atoms. The molecule has 28 heavy (non-hydrogen) atoms. The van der Waals surface area contributed by atoms with Gasteiger partial charge in [-0.1, -0.05) is 60.7 Å². The van der Waals surface area contributed by atoms with Crippen LogP contribution in [0.4, 0.5) is 0 Å². The summed E-state index contributed by atoms with van der Waals surface area (Å²) in [6.07, 6.45) is -4.43. The Morgan fingerprint density at radius 1 is 0.821 bits per heavy atom. The quantitative estimate of drug-likeness (QED) is 0.441. The van der Waals surface area contributed by atoms with Crippen LogP contribution < -0.4 is 5.32 Å². The Bertz CT molecular complexity index is 1000. The van der Waals surface area contributed by atoms with Gasteiger partial charge in [-0.25, -0.2) is 4.79 Å². The molecule has 7 nitrogen and oxygen atoms in total. The second-order valence-electron chi connectivity index (χ2n) is 6.30. The van der Waals surface area contributed by atoms with Crippen molar-refractivity contribution in [1.82, 2.24) is 5.32 Å². The number of aliphatic hydroxyl groups is 2. The highest BCUT2D eigenvalue weighted by molar-refractivity contribution is 5.91. The van der Waals surface area contributed by atoms with E-state index in [0.717, 1.165) is 5.39 Å². The van der Waals surface area contributed by atoms with E-state index in [1.165, 1.54) is 6.07 Å². The largest absolute Gasteiger partial charge is 0.508 e. The van der Waals surface area contributed by atoms with Gasteiger partial charge in [0, 0.05) is 5.56 Å². The maximum absolute atomic E-state index is 12.4. The third kappa shape index (κ3) is 3.80. The second kappa shape index (κ2) is 8.08. The Morgan fingerprint density at radius 3 is 2.14 bits per heavy atom. The molecule has 0 fully saturated rings. The van der Waals surface area contributed by atoms with Crippen LogP contribution in [0.1, 0.15) is 17.2 Å². The van der Waals surface area contributed by atoms with Gasteiger partial charge in [0.1, 0.15) is 5.75 Å². The van der Waals surface area contributed by atoms with E-state index in [9.17, 15) is 24.9 Å². The van der Waals surface area contributed by atoms with E-state index in [4.69, 9.17) is 5.11 Å². The molecule has 144 valence electrons. The van der Waals surface area contributed by atoms with Gasteiger partial charge in [0.05, 0.1) is 6.04 Å². The number of aromatic hydroxyl groups is 1. The minimum Gasteiger partial charge on any atom is -0.508 e. The highest BCUT2D eigenvalue weighted by Crippen LogP contribution is 2.35. The average Bonchev–Trinajstić information content (AvgIpc) is 2.71. The summed E-state index contributed by atoms with van der Waals surface area (Å²) in [7, 11) is 0. The van der Waals surface area contributed by atoms with E-state index in [0.29, 0.717) is 16.5 Å². The topological polar surface area (TPSA) is 127 Å². The molecule has 0 aliphatic heterocycles. The van der Waals surface area contributed by atoms with Gasteiger partial charge in [0.25, 0.3) is 5.91 Å². The fraction of sp³-hybridized carbons (Fsp3) is 0.143. The van der Waals surface area contributed by atoms with Crippen molar-refractivity contribution in [2.45, 2.75) is 18.2 Å². The molecule has 3 rings (SSSR count). The number of benzene rings is 3. The van der Waals surface area contributed by atoms with Crippen molar-refractivity contribution in [2.75, 3.05) is 0 Å². The number of phenolic OH excluding ortho intramolecular Hbond substituents is 1. The molecular weight excluding hydrogens is 362 g/mol. The van der Waals surface area contributed by atoms with Crippen LogP contribution >= 0.6 is 0 Å². The lowest BCUT2D eigenvalue weighted by atomic mass is 9.92. The molecule has 0 radical (unpaired) electrons. The monoisotopic (exact) mass is 381 g/mol. The molecule has 3 atom stereocenters. The van der Waals surface area contributed by atoms with Crippen molar-refractivity contribution in [3.63, 3.8) is 0 Å². The molecule has 0 aliphatic rings. The van der Waals surface area contributed by atoms with Crippen LogP contribution in [0.15, 0.2) is 66.7 Å². The molecule has 0 saturated heterocycles. The van der Waals surface area contributed by atoms with E-state index < -0.39 is 30.1 Å². The molecular formula is C21H19NO6. The summed E-state index contributed by atoms with van der Waals surface area (Å²) >= 11 is 0. The smallest absolute Gasteiger partial charge is 0.335 e. The number of nitrogens with one attached hydrogen (secondary N) is 1. The average molecular weight is 381 g/mol. The molecule has 0 aliphatic carbocycles. The maximum atomic E-state index is 12.4. The maximum Gasteiger partial charge on any atom is 0.335 e. The molecule has 3 unspecified atom stereocenters. The number of carboxylic acid groups (broad SMARTS) is 1. The van der Waals surface area contributed by atoms with Gasteiger partial charge in [0.15, 0.2) is 12.2 Å². The summed E-state index contributed by atoms with van der Waals surface area (Å²) in [6, 6.07) is 18.4. The number of hydrogen-bond acceptors (Lipinski definition) is 5. The van der Waals surface area contributed by atoms with Crippen LogP contribution in [0.25, 0.3) is 10.8 Å². The molecule has 5 N–H and O–H groups in total. The molecule has 3 aromatic carbocycles. The highest BCUT2D eigenvalue weighted by atomic mass is 16.4. The molecule has 0 spiro atoms. The fourth-order valence-electron chi connectivity index (χ4n) is 3.06. The number of fused-ring (bicyclic) bond motifs is 1. The summed E-state index contributed by atoms with van der Waals surface area (Å²) in [5.74, 6) is -2.86. The molecule has 0 aromatic heterocycles. The first-order chi connectivity index (χ1) is 13.4. The summed E-state index contributed by atoms with van der Waals surface area (Å²) < 4.78 is 0. The van der Waals surface area contributed by atoms with Gasteiger partial charge in [-0.3, -0.25) is 4.79 Å². The Hall–Kier alpha value is -3.42. The van der Waals surface area contributed by atoms with Crippen LogP contribution in [-0.4, -0.2) is 44.5 Å². The number of rotatable bonds is 6. The van der Waals surface area contributed by atoms with Crippen molar-refractivity contribution in [3.8, 4) is 5.75 Å². The highest BCUT2D eigenvalue weighted by Gasteiger charge is 2.32. The van der Waals surface area contributed by atoms with E-state index >= 15 is 0 Å². The van der Waals surface area contributed by atoms with Crippen molar-refractivity contribution in [2.24, 2.45) is 0 Å². The first-order valence-corrected chi connectivity index (χ1v) is 8.55. The standard InChI is InChI=1S/C21H19NO6/c23-15-11-10-12-6-4-5-9-14(12)16(15)17(13-7-2-1-3-8-13)22-20(26)18(24)19(25)21(27)28/h1-11,17-19,23-25H,(H,22,26)(H,27,28). The normalized spacial score (nSPS) is 14.2. The summed E-state index contributed by atoms with van der Waals surface area (Å²) in [5.41, 5.74) is 1.01. The number of amides is 1. The van der Waals surface area contributed by atoms with Gasteiger partial charge in [0.2, 0.25) is 0 Å². The van der Waals surface area contributed by atoms with Gasteiger partial charge in [-0.15, -0.1) is 0 Å². The zero-order valence-corrected chi connectivity index (χ0v) is 14.7. The number of carbonyl (C=O) groups is 2. The van der Waals surface area contributed by atoms with Crippen molar-refractivity contribution in [1.29, 1.82) is 0 Å². The Kier molecular flexibility index (Phi) is 5.58. The lowest BCUT2D eigenvalue weighted by Crippen LogP contribution is -2.46. The van der Waals surface area contributed by atoms with Crippen LogP contribution in [-0.2, 0) is 9.59 Å². The number of hydrogen-bond donors (Lipinski definition) is 5. The Balaban J connectivity index is 2.09. The molecule has 7 heteroatoms. The van der Waals surface area contributed by atoms with E-state index in [1.807, 2.05) is 12.1 Å². The molecule has 0 saturated carbocycles. The molecule has 3 aromatic rings. The first kappa shape index (κ1) is 19.3. The SMILES string of the molecule is O=C(O)C(O)C(O)C(=O)NC(c1ccccc1)c1c(O)ccc2ccccc12. The number of phenols is 1. The van der Waals surface area contributed by atoms with Crippen molar-refractivity contribution < 1.29 is 30.0 Å². The van der Waals surface area contributed by atoms with Gasteiger partial charge in [-0.05, 0) is 22.4 Å². The third-order valence-corrected chi connectivity index (χ3v) is 4.48. The second-order valence-corrected chi connectivity index (χ2v) is 6.30. The van der Waals surface area contributed by atoms with Crippen LogP contribution in [0.2, 0.25) is 0 Å². The lowest BCUT2D eigenvalue weighted by molar-refractivity contribution is -0.158. The van der Waals surface area contributed by atoms with Crippen molar-refractivity contribution in [3.05, 3.63) is 77.9 Å². The number of aliphatic hydroxyl groups excluding tert-OH is 2. The van der Waals surface area contributed by atoms with Crippen molar-refractivity contribution >= 4 is 22.6 Å².